The molecule has 5 nitrogen and oxygen atoms in total. The Kier molecular flexibility index (Phi) is 2.87. The van der Waals surface area contributed by atoms with Gasteiger partial charge in [0.05, 0.1) is 0 Å². The van der Waals surface area contributed by atoms with Gasteiger partial charge in [-0.3, -0.25) is 0 Å². The van der Waals surface area contributed by atoms with Gasteiger partial charge in [-0.2, -0.15) is 13.2 Å². The van der Waals surface area contributed by atoms with Crippen LogP contribution in [0, 0.1) is 0 Å². The highest BCUT2D eigenvalue weighted by molar-refractivity contribution is 6.05. The summed E-state index contributed by atoms with van der Waals surface area (Å²) in [5.74, 6) is -0.125. The lowest BCUT2D eigenvalue weighted by molar-refractivity contribution is -0.540. The van der Waals surface area contributed by atoms with Crippen LogP contribution in [0.4, 0.5) is 13.2 Å². The molecule has 1 aromatic rings. The first kappa shape index (κ1) is 14.9. The predicted octanol–water partition coefficient (Wildman–Crippen LogP) is 2.65. The summed E-state index contributed by atoms with van der Waals surface area (Å²) in [5, 5.41) is 18.1. The molecular formula is C15H17F3N3O2+. The zero-order valence-corrected chi connectivity index (χ0v) is 12.8. The van der Waals surface area contributed by atoms with E-state index in [1.807, 2.05) is 17.8 Å². The first-order valence-corrected chi connectivity index (χ1v) is 7.70. The van der Waals surface area contributed by atoms with Crippen molar-refractivity contribution < 1.29 is 27.5 Å². The largest absolute Gasteiger partial charge is 0.422 e. The number of alkyl halides is 3. The molecule has 1 aromatic heterocycles. The number of rotatable bonds is 2. The predicted molar refractivity (Wildman–Crippen MR) is 74.7 cm³/mol. The maximum atomic E-state index is 13.2. The summed E-state index contributed by atoms with van der Waals surface area (Å²) >= 11 is 0. The lowest BCUT2D eigenvalue weighted by Gasteiger charge is -2.27. The maximum absolute atomic E-state index is 13.2. The number of hydrazone groups is 1. The van der Waals surface area contributed by atoms with Crippen molar-refractivity contribution in [2.24, 2.45) is 5.10 Å². The lowest BCUT2D eigenvalue weighted by Crippen LogP contribution is -2.41. The van der Waals surface area contributed by atoms with Crippen molar-refractivity contribution in [3.8, 4) is 0 Å². The average Bonchev–Trinajstić information content (AvgIpc) is 3.04. The van der Waals surface area contributed by atoms with E-state index < -0.39 is 17.5 Å². The topological polar surface area (TPSA) is 61.6 Å². The van der Waals surface area contributed by atoms with Crippen molar-refractivity contribution >= 4 is 11.9 Å². The number of aromatic nitrogens is 1. The van der Waals surface area contributed by atoms with Crippen LogP contribution in [-0.4, -0.2) is 39.1 Å². The summed E-state index contributed by atoms with van der Waals surface area (Å²) in [7, 11) is 0. The first-order valence-electron chi connectivity index (χ1n) is 7.70. The molecule has 0 saturated heterocycles. The Morgan fingerprint density at radius 3 is 2.65 bits per heavy atom. The van der Waals surface area contributed by atoms with Crippen molar-refractivity contribution in [1.82, 2.24) is 5.16 Å². The summed E-state index contributed by atoms with van der Waals surface area (Å²) < 4.78 is 46.6. The van der Waals surface area contributed by atoms with Crippen LogP contribution in [0.1, 0.15) is 62.0 Å². The monoisotopic (exact) mass is 328 g/mol. The normalized spacial score (nSPS) is 29.5. The second-order valence-electron chi connectivity index (χ2n) is 6.81. The molecule has 2 heterocycles. The van der Waals surface area contributed by atoms with E-state index in [1.54, 1.807) is 0 Å². The smallest absolute Gasteiger partial charge is 0.375 e. The Bertz CT molecular complexity index is 729. The summed E-state index contributed by atoms with van der Waals surface area (Å²) in [5.41, 5.74) is -2.19. The third-order valence-electron chi connectivity index (χ3n) is 4.89. The van der Waals surface area contributed by atoms with E-state index in [1.165, 1.54) is 0 Å². The van der Waals surface area contributed by atoms with Gasteiger partial charge in [-0.05, 0) is 24.4 Å². The number of hydrogen-bond donors (Lipinski definition) is 1. The molecule has 1 aliphatic heterocycles. The average molecular weight is 328 g/mol. The lowest BCUT2D eigenvalue weighted by atomic mass is 9.78. The fourth-order valence-electron chi connectivity index (χ4n) is 3.32. The quantitative estimate of drug-likeness (QED) is 0.849. The molecule has 8 heteroatoms. The van der Waals surface area contributed by atoms with Crippen LogP contribution in [0.15, 0.2) is 9.62 Å². The van der Waals surface area contributed by atoms with Gasteiger partial charge in [0.15, 0.2) is 18.0 Å². The van der Waals surface area contributed by atoms with E-state index >= 15 is 0 Å². The number of hydrogen-bond acceptors (Lipinski definition) is 4. The summed E-state index contributed by atoms with van der Waals surface area (Å²) in [6.07, 6.45) is -0.223. The van der Waals surface area contributed by atoms with E-state index in [0.29, 0.717) is 23.8 Å². The molecule has 1 fully saturated rings. The summed E-state index contributed by atoms with van der Waals surface area (Å²) in [6.45, 7) is 2.53. The van der Waals surface area contributed by atoms with E-state index in [2.05, 4.69) is 10.3 Å². The second-order valence-corrected chi connectivity index (χ2v) is 6.81. The Balaban J connectivity index is 1.80. The highest BCUT2D eigenvalue weighted by Gasteiger charge is 2.57. The third-order valence-corrected chi connectivity index (χ3v) is 4.89. The van der Waals surface area contributed by atoms with Crippen molar-refractivity contribution in [2.75, 3.05) is 0 Å². The Morgan fingerprint density at radius 1 is 1.35 bits per heavy atom. The molecule has 3 atom stereocenters. The van der Waals surface area contributed by atoms with Crippen LogP contribution in [0.2, 0.25) is 0 Å². The minimum atomic E-state index is -4.81. The van der Waals surface area contributed by atoms with Crippen molar-refractivity contribution in [1.29, 1.82) is 0 Å². The molecule has 3 aliphatic rings. The molecule has 4 rings (SSSR count). The molecular weight excluding hydrogens is 311 g/mol. The molecule has 0 spiro atoms. The van der Waals surface area contributed by atoms with E-state index in [0.717, 1.165) is 25.5 Å². The molecule has 0 radical (unpaired) electrons. The number of aliphatic hydroxyl groups is 1. The highest BCUT2D eigenvalue weighted by atomic mass is 19.4. The first-order chi connectivity index (χ1) is 10.7. The van der Waals surface area contributed by atoms with Gasteiger partial charge in [-0.15, -0.1) is 0 Å². The van der Waals surface area contributed by atoms with Crippen LogP contribution in [0.25, 0.3) is 0 Å². The Hall–Kier alpha value is -1.70. The van der Waals surface area contributed by atoms with Crippen molar-refractivity contribution in [2.45, 2.75) is 62.8 Å². The number of nitrogens with zero attached hydrogens (tertiary/aromatic N) is 3. The Morgan fingerprint density at radius 2 is 2.04 bits per heavy atom. The standard InChI is InChI=1S/C15H17F3N3O2/c1-7-5-10-9(6-21(19-10)8-3-4-8)12-11(7)13(20-23-12)14(2,22)15(16,17)18/h6-9,22H,3-5H2,1-2H3/q+1/t7-,9?,14+/m1/s1. The number of halogens is 3. The van der Waals surface area contributed by atoms with Crippen LogP contribution in [-0.2, 0) is 5.60 Å². The second kappa shape index (κ2) is 4.43. The number of fused-ring (bicyclic) bond motifs is 3. The fourth-order valence-corrected chi connectivity index (χ4v) is 3.32. The zero-order valence-electron chi connectivity index (χ0n) is 12.8. The van der Waals surface area contributed by atoms with Gasteiger partial charge >= 0.3 is 6.18 Å². The van der Waals surface area contributed by atoms with Crippen LogP contribution in [0.5, 0.6) is 0 Å². The van der Waals surface area contributed by atoms with Gasteiger partial charge in [-0.1, -0.05) is 16.8 Å². The molecule has 1 unspecified atom stereocenters. The molecule has 0 bridgehead atoms. The molecule has 0 amide bonds. The van der Waals surface area contributed by atoms with Crippen LogP contribution >= 0.6 is 0 Å². The van der Waals surface area contributed by atoms with Crippen LogP contribution in [0.3, 0.4) is 0 Å². The van der Waals surface area contributed by atoms with E-state index in [4.69, 9.17) is 4.52 Å². The van der Waals surface area contributed by atoms with E-state index in [9.17, 15) is 18.3 Å². The maximum Gasteiger partial charge on any atom is 0.422 e. The molecule has 2 aliphatic carbocycles. The molecule has 0 aromatic carbocycles. The SMILES string of the molecule is C[C@@H]1CC2=N[N+](C3CC3)=CC2c2onc([C@](C)(O)C(F)(F)F)c21. The van der Waals surface area contributed by atoms with Gasteiger partial charge in [-0.25, -0.2) is 0 Å². The minimum absolute atomic E-state index is 0.234. The molecule has 1 N–H and O–H groups in total. The van der Waals surface area contributed by atoms with E-state index in [-0.39, 0.29) is 11.8 Å². The minimum Gasteiger partial charge on any atom is -0.375 e. The van der Waals surface area contributed by atoms with Gasteiger partial charge in [0.1, 0.15) is 17.3 Å². The van der Waals surface area contributed by atoms with Gasteiger partial charge in [0, 0.05) is 18.4 Å². The van der Waals surface area contributed by atoms with Gasteiger partial charge in [0.25, 0.3) is 0 Å². The molecule has 23 heavy (non-hydrogen) atoms. The summed E-state index contributed by atoms with van der Waals surface area (Å²) in [6, 6.07) is 0.396. The summed E-state index contributed by atoms with van der Waals surface area (Å²) in [4.78, 5) is 0. The van der Waals surface area contributed by atoms with Crippen LogP contribution < -0.4 is 0 Å². The third kappa shape index (κ3) is 2.07. The Labute approximate surface area is 130 Å². The fraction of sp³-hybridized carbons (Fsp3) is 0.667. The highest BCUT2D eigenvalue weighted by Crippen LogP contribution is 2.47. The zero-order chi connectivity index (χ0) is 16.6. The molecule has 1 saturated carbocycles. The van der Waals surface area contributed by atoms with Crippen molar-refractivity contribution in [3.05, 3.63) is 17.0 Å². The van der Waals surface area contributed by atoms with Crippen molar-refractivity contribution in [3.63, 3.8) is 0 Å². The van der Waals surface area contributed by atoms with Gasteiger partial charge in [0.2, 0.25) is 5.60 Å². The molecule has 124 valence electrons. The van der Waals surface area contributed by atoms with Gasteiger partial charge < -0.3 is 9.63 Å².